The van der Waals surface area contributed by atoms with E-state index in [4.69, 9.17) is 4.74 Å². The van der Waals surface area contributed by atoms with E-state index in [2.05, 4.69) is 44.8 Å². The van der Waals surface area contributed by atoms with Gasteiger partial charge in [-0.2, -0.15) is 0 Å². The third-order valence-corrected chi connectivity index (χ3v) is 1.92. The van der Waals surface area contributed by atoms with Gasteiger partial charge < -0.3 is 4.74 Å². The average Bonchev–Trinajstić information content (AvgIpc) is 2.14. The molecule has 1 aromatic rings. The zero-order valence-corrected chi connectivity index (χ0v) is 9.50. The van der Waals surface area contributed by atoms with Crippen LogP contribution in [0, 0.1) is 0 Å². The molecule has 1 heterocycles. The molecule has 0 aliphatic carbocycles. The van der Waals surface area contributed by atoms with Gasteiger partial charge in [-0.1, -0.05) is 13.0 Å². The van der Waals surface area contributed by atoms with Gasteiger partial charge in [-0.15, -0.1) is 0 Å². The molecule has 0 bridgehead atoms. The van der Waals surface area contributed by atoms with Crippen molar-refractivity contribution in [2.75, 3.05) is 0 Å². The summed E-state index contributed by atoms with van der Waals surface area (Å²) in [6, 6.07) is 4.14. The Balaban J connectivity index is 2.52. The lowest BCUT2D eigenvalue weighted by molar-refractivity contribution is -0.0150. The molecule has 0 amide bonds. The van der Waals surface area contributed by atoms with Gasteiger partial charge in [0.15, 0.2) is 0 Å². The van der Waals surface area contributed by atoms with Crippen molar-refractivity contribution >= 4 is 0 Å². The van der Waals surface area contributed by atoms with Crippen LogP contribution in [0.25, 0.3) is 0 Å². The molecule has 0 fully saturated rings. The van der Waals surface area contributed by atoms with Crippen molar-refractivity contribution in [1.82, 2.24) is 4.98 Å². The van der Waals surface area contributed by atoms with Crippen molar-refractivity contribution in [3.05, 3.63) is 29.6 Å². The summed E-state index contributed by atoms with van der Waals surface area (Å²) in [5, 5.41) is 0. The number of aromatic nitrogens is 1. The minimum absolute atomic E-state index is 0.0799. The Morgan fingerprint density at radius 3 is 2.43 bits per heavy atom. The average molecular weight is 193 g/mol. The number of hydrogen-bond donors (Lipinski definition) is 0. The molecular formula is C12H19NO. The van der Waals surface area contributed by atoms with E-state index < -0.39 is 0 Å². The van der Waals surface area contributed by atoms with Crippen molar-refractivity contribution in [2.45, 2.75) is 46.3 Å². The Kier molecular flexibility index (Phi) is 3.64. The predicted octanol–water partition coefficient (Wildman–Crippen LogP) is 2.96. The van der Waals surface area contributed by atoms with Gasteiger partial charge in [0.25, 0.3) is 0 Å². The maximum absolute atomic E-state index is 5.65. The highest BCUT2D eigenvalue weighted by atomic mass is 16.5. The lowest BCUT2D eigenvalue weighted by atomic mass is 10.2. The second-order valence-corrected chi connectivity index (χ2v) is 4.41. The smallest absolute Gasteiger partial charge is 0.0738 e. The van der Waals surface area contributed by atoms with Crippen molar-refractivity contribution in [1.29, 1.82) is 0 Å². The topological polar surface area (TPSA) is 22.1 Å². The van der Waals surface area contributed by atoms with Gasteiger partial charge >= 0.3 is 0 Å². The monoisotopic (exact) mass is 193 g/mol. The third-order valence-electron chi connectivity index (χ3n) is 1.92. The van der Waals surface area contributed by atoms with Crippen molar-refractivity contribution < 1.29 is 4.74 Å². The molecule has 0 saturated heterocycles. The van der Waals surface area contributed by atoms with Gasteiger partial charge in [0.1, 0.15) is 0 Å². The molecule has 1 aromatic heterocycles. The fourth-order valence-electron chi connectivity index (χ4n) is 1.05. The highest BCUT2D eigenvalue weighted by Crippen LogP contribution is 2.11. The quantitative estimate of drug-likeness (QED) is 0.736. The number of hydrogen-bond acceptors (Lipinski definition) is 2. The van der Waals surface area contributed by atoms with E-state index in [-0.39, 0.29) is 5.60 Å². The first-order valence-corrected chi connectivity index (χ1v) is 5.09. The summed E-state index contributed by atoms with van der Waals surface area (Å²) in [4.78, 5) is 4.32. The van der Waals surface area contributed by atoms with Crippen LogP contribution in [0.1, 0.15) is 39.0 Å². The number of nitrogens with zero attached hydrogens (tertiary/aromatic N) is 1. The number of aryl methyl sites for hydroxylation is 1. The molecule has 0 aliphatic rings. The molecular weight excluding hydrogens is 174 g/mol. The first kappa shape index (κ1) is 11.2. The molecule has 0 N–H and O–H groups in total. The summed E-state index contributed by atoms with van der Waals surface area (Å²) in [6.07, 6.45) is 2.88. The fraction of sp³-hybridized carbons (Fsp3) is 0.583. The van der Waals surface area contributed by atoms with E-state index in [1.807, 2.05) is 6.20 Å². The van der Waals surface area contributed by atoms with Crippen LogP contribution in [0.4, 0.5) is 0 Å². The summed E-state index contributed by atoms with van der Waals surface area (Å²) in [5.74, 6) is 0. The van der Waals surface area contributed by atoms with E-state index in [0.717, 1.165) is 17.7 Å². The molecule has 2 nitrogen and oxygen atoms in total. The zero-order valence-electron chi connectivity index (χ0n) is 9.50. The van der Waals surface area contributed by atoms with Crippen LogP contribution in [-0.4, -0.2) is 10.6 Å². The van der Waals surface area contributed by atoms with Crippen molar-refractivity contribution in [3.63, 3.8) is 0 Å². The maximum atomic E-state index is 5.65. The van der Waals surface area contributed by atoms with E-state index >= 15 is 0 Å². The minimum Gasteiger partial charge on any atom is -0.371 e. The summed E-state index contributed by atoms with van der Waals surface area (Å²) in [6.45, 7) is 8.91. The SMILES string of the molecule is CCc1ccc(COC(C)(C)C)cn1. The standard InChI is InChI=1S/C12H19NO/c1-5-11-7-6-10(8-13-11)9-14-12(2,3)4/h6-8H,5,9H2,1-4H3. The van der Waals surface area contributed by atoms with Crippen LogP contribution in [0.2, 0.25) is 0 Å². The van der Waals surface area contributed by atoms with E-state index in [1.165, 1.54) is 0 Å². The molecule has 0 radical (unpaired) electrons. The first-order valence-electron chi connectivity index (χ1n) is 5.09. The predicted molar refractivity (Wildman–Crippen MR) is 58.2 cm³/mol. The maximum Gasteiger partial charge on any atom is 0.0738 e. The van der Waals surface area contributed by atoms with Crippen molar-refractivity contribution in [2.24, 2.45) is 0 Å². The lowest BCUT2D eigenvalue weighted by Gasteiger charge is -2.19. The summed E-state index contributed by atoms with van der Waals surface area (Å²) < 4.78 is 5.65. The van der Waals surface area contributed by atoms with Gasteiger partial charge in [0.2, 0.25) is 0 Å². The Morgan fingerprint density at radius 2 is 2.00 bits per heavy atom. The van der Waals surface area contributed by atoms with Crippen LogP contribution in [0.5, 0.6) is 0 Å². The van der Waals surface area contributed by atoms with Crippen molar-refractivity contribution in [3.8, 4) is 0 Å². The zero-order chi connectivity index (χ0) is 10.6. The van der Waals surface area contributed by atoms with Gasteiger partial charge in [0.05, 0.1) is 12.2 Å². The normalized spacial score (nSPS) is 11.7. The van der Waals surface area contributed by atoms with E-state index in [9.17, 15) is 0 Å². The fourth-order valence-corrected chi connectivity index (χ4v) is 1.05. The molecule has 0 unspecified atom stereocenters. The van der Waals surface area contributed by atoms with Crippen LogP contribution in [0.15, 0.2) is 18.3 Å². The minimum atomic E-state index is -0.0799. The third kappa shape index (κ3) is 3.88. The van der Waals surface area contributed by atoms with Gasteiger partial charge in [-0.3, -0.25) is 4.98 Å². The largest absolute Gasteiger partial charge is 0.371 e. The Bertz CT molecular complexity index is 271. The molecule has 0 spiro atoms. The summed E-state index contributed by atoms with van der Waals surface area (Å²) in [7, 11) is 0. The van der Waals surface area contributed by atoms with E-state index in [0.29, 0.717) is 6.61 Å². The number of pyridine rings is 1. The molecule has 0 atom stereocenters. The number of rotatable bonds is 3. The molecule has 0 aliphatic heterocycles. The number of ether oxygens (including phenoxy) is 1. The van der Waals surface area contributed by atoms with Gasteiger partial charge in [0, 0.05) is 11.9 Å². The summed E-state index contributed by atoms with van der Waals surface area (Å²) in [5.41, 5.74) is 2.19. The Morgan fingerprint density at radius 1 is 1.29 bits per heavy atom. The lowest BCUT2D eigenvalue weighted by Crippen LogP contribution is -2.18. The molecule has 2 heteroatoms. The molecule has 0 saturated carbocycles. The Labute approximate surface area is 86.3 Å². The second kappa shape index (κ2) is 4.56. The highest BCUT2D eigenvalue weighted by molar-refractivity contribution is 5.13. The molecule has 14 heavy (non-hydrogen) atoms. The first-order chi connectivity index (χ1) is 6.51. The van der Waals surface area contributed by atoms with Crippen LogP contribution < -0.4 is 0 Å². The Hall–Kier alpha value is -0.890. The van der Waals surface area contributed by atoms with Gasteiger partial charge in [-0.25, -0.2) is 0 Å². The van der Waals surface area contributed by atoms with Crippen LogP contribution >= 0.6 is 0 Å². The van der Waals surface area contributed by atoms with Crippen LogP contribution in [-0.2, 0) is 17.8 Å². The summed E-state index contributed by atoms with van der Waals surface area (Å²) >= 11 is 0. The van der Waals surface area contributed by atoms with E-state index in [1.54, 1.807) is 0 Å². The second-order valence-electron chi connectivity index (χ2n) is 4.41. The highest BCUT2D eigenvalue weighted by Gasteiger charge is 2.09. The van der Waals surface area contributed by atoms with Gasteiger partial charge in [-0.05, 0) is 38.8 Å². The van der Waals surface area contributed by atoms with Crippen LogP contribution in [0.3, 0.4) is 0 Å². The molecule has 0 aromatic carbocycles. The molecule has 78 valence electrons. The molecule has 1 rings (SSSR count).